The third-order valence-corrected chi connectivity index (χ3v) is 3.80. The Morgan fingerprint density at radius 1 is 1.19 bits per heavy atom. The third kappa shape index (κ3) is 4.18. The fraction of sp³-hybridized carbons (Fsp3) is 0.412. The van der Waals surface area contributed by atoms with E-state index in [2.05, 4.69) is 29.4 Å². The fourth-order valence-corrected chi connectivity index (χ4v) is 2.62. The normalized spacial score (nSPS) is 10.8. The molecule has 2 aromatic rings. The number of aromatic nitrogens is 2. The minimum Gasteiger partial charge on any atom is -0.481 e. The zero-order valence-electron chi connectivity index (χ0n) is 12.7. The number of carboxylic acids is 1. The maximum atomic E-state index is 10.7. The molecule has 4 heteroatoms. The van der Waals surface area contributed by atoms with Gasteiger partial charge in [0.15, 0.2) is 0 Å². The van der Waals surface area contributed by atoms with Crippen LogP contribution < -0.4 is 0 Å². The van der Waals surface area contributed by atoms with Gasteiger partial charge in [-0.05, 0) is 44.2 Å². The molecule has 1 aromatic carbocycles. The highest BCUT2D eigenvalue weighted by molar-refractivity contribution is 5.67. The second-order valence-electron chi connectivity index (χ2n) is 5.36. The standard InChI is InChI=1S/C17H22N2O2/c1-13-16(10-11-17(20)21)14(2)19(18-13)12-6-9-15-7-4-3-5-8-15/h3-5,7-8H,6,9-12H2,1-2H3,(H,20,21). The van der Waals surface area contributed by atoms with Gasteiger partial charge < -0.3 is 5.11 Å². The molecule has 0 radical (unpaired) electrons. The average Bonchev–Trinajstić information content (AvgIpc) is 2.72. The molecule has 0 bridgehead atoms. The molecule has 2 rings (SSSR count). The molecular formula is C17H22N2O2. The van der Waals surface area contributed by atoms with Crippen LogP contribution in [0.2, 0.25) is 0 Å². The second kappa shape index (κ2) is 7.07. The van der Waals surface area contributed by atoms with E-state index in [-0.39, 0.29) is 6.42 Å². The molecule has 4 nitrogen and oxygen atoms in total. The van der Waals surface area contributed by atoms with E-state index in [0.717, 1.165) is 36.3 Å². The summed E-state index contributed by atoms with van der Waals surface area (Å²) in [5.41, 5.74) is 4.47. The number of hydrogen-bond acceptors (Lipinski definition) is 2. The van der Waals surface area contributed by atoms with E-state index >= 15 is 0 Å². The first-order valence-electron chi connectivity index (χ1n) is 7.36. The number of benzene rings is 1. The van der Waals surface area contributed by atoms with E-state index in [9.17, 15) is 4.79 Å². The molecule has 0 unspecified atom stereocenters. The summed E-state index contributed by atoms with van der Waals surface area (Å²) in [4.78, 5) is 10.7. The first kappa shape index (κ1) is 15.3. The summed E-state index contributed by atoms with van der Waals surface area (Å²) in [5, 5.41) is 13.3. The van der Waals surface area contributed by atoms with Crippen LogP contribution in [-0.4, -0.2) is 20.9 Å². The van der Waals surface area contributed by atoms with Crippen LogP contribution in [0, 0.1) is 13.8 Å². The van der Waals surface area contributed by atoms with E-state index in [0.29, 0.717) is 6.42 Å². The van der Waals surface area contributed by atoms with Gasteiger partial charge in [0.25, 0.3) is 0 Å². The highest BCUT2D eigenvalue weighted by Crippen LogP contribution is 2.16. The number of nitrogens with zero attached hydrogens (tertiary/aromatic N) is 2. The van der Waals surface area contributed by atoms with E-state index < -0.39 is 5.97 Å². The van der Waals surface area contributed by atoms with Crippen LogP contribution in [0.3, 0.4) is 0 Å². The molecule has 0 fully saturated rings. The molecule has 1 N–H and O–H groups in total. The predicted molar refractivity (Wildman–Crippen MR) is 82.4 cm³/mol. The Labute approximate surface area is 125 Å². The van der Waals surface area contributed by atoms with Crippen LogP contribution in [0.4, 0.5) is 0 Å². The van der Waals surface area contributed by atoms with Crippen molar-refractivity contribution >= 4 is 5.97 Å². The van der Waals surface area contributed by atoms with Crippen LogP contribution >= 0.6 is 0 Å². The largest absolute Gasteiger partial charge is 0.481 e. The van der Waals surface area contributed by atoms with Gasteiger partial charge in [-0.1, -0.05) is 30.3 Å². The van der Waals surface area contributed by atoms with Gasteiger partial charge in [0.05, 0.1) is 5.69 Å². The molecule has 0 spiro atoms. The van der Waals surface area contributed by atoms with Crippen molar-refractivity contribution in [1.29, 1.82) is 0 Å². The van der Waals surface area contributed by atoms with Crippen LogP contribution in [0.1, 0.15) is 35.4 Å². The highest BCUT2D eigenvalue weighted by Gasteiger charge is 2.12. The van der Waals surface area contributed by atoms with Gasteiger partial charge in [-0.25, -0.2) is 0 Å². The maximum absolute atomic E-state index is 10.7. The molecule has 1 heterocycles. The predicted octanol–water partition coefficient (Wildman–Crippen LogP) is 3.15. The summed E-state index contributed by atoms with van der Waals surface area (Å²) in [5.74, 6) is -0.759. The quantitative estimate of drug-likeness (QED) is 0.850. The first-order valence-corrected chi connectivity index (χ1v) is 7.36. The summed E-state index contributed by atoms with van der Waals surface area (Å²) in [6, 6.07) is 10.4. The lowest BCUT2D eigenvalue weighted by Gasteiger charge is -2.05. The number of aliphatic carboxylic acids is 1. The number of carbonyl (C=O) groups is 1. The summed E-state index contributed by atoms with van der Waals surface area (Å²) in [6.45, 7) is 4.85. The van der Waals surface area contributed by atoms with Gasteiger partial charge in [0.1, 0.15) is 0 Å². The van der Waals surface area contributed by atoms with Gasteiger partial charge in [0, 0.05) is 18.7 Å². The van der Waals surface area contributed by atoms with E-state index in [1.807, 2.05) is 24.6 Å². The van der Waals surface area contributed by atoms with Crippen molar-refractivity contribution in [2.45, 2.75) is 46.1 Å². The van der Waals surface area contributed by atoms with Gasteiger partial charge in [-0.15, -0.1) is 0 Å². The molecule has 0 aliphatic carbocycles. The lowest BCUT2D eigenvalue weighted by Crippen LogP contribution is -2.05. The zero-order chi connectivity index (χ0) is 15.2. The third-order valence-electron chi connectivity index (χ3n) is 3.80. The molecule has 0 saturated heterocycles. The summed E-state index contributed by atoms with van der Waals surface area (Å²) >= 11 is 0. The van der Waals surface area contributed by atoms with Crippen molar-refractivity contribution in [3.05, 3.63) is 52.8 Å². The molecular weight excluding hydrogens is 264 g/mol. The number of aryl methyl sites for hydroxylation is 3. The molecule has 0 aliphatic rings. The van der Waals surface area contributed by atoms with E-state index in [4.69, 9.17) is 5.11 Å². The average molecular weight is 286 g/mol. The zero-order valence-corrected chi connectivity index (χ0v) is 12.7. The van der Waals surface area contributed by atoms with Gasteiger partial charge in [0.2, 0.25) is 0 Å². The Morgan fingerprint density at radius 3 is 2.57 bits per heavy atom. The van der Waals surface area contributed by atoms with Crippen molar-refractivity contribution < 1.29 is 9.90 Å². The fourth-order valence-electron chi connectivity index (χ4n) is 2.62. The minimum absolute atomic E-state index is 0.164. The smallest absolute Gasteiger partial charge is 0.303 e. The van der Waals surface area contributed by atoms with Crippen LogP contribution in [0.15, 0.2) is 30.3 Å². The monoisotopic (exact) mass is 286 g/mol. The molecule has 0 aliphatic heterocycles. The number of rotatable bonds is 7. The lowest BCUT2D eigenvalue weighted by atomic mass is 10.1. The van der Waals surface area contributed by atoms with Crippen molar-refractivity contribution in [2.24, 2.45) is 0 Å². The molecule has 0 amide bonds. The molecule has 21 heavy (non-hydrogen) atoms. The topological polar surface area (TPSA) is 55.1 Å². The Hall–Kier alpha value is -2.10. The lowest BCUT2D eigenvalue weighted by molar-refractivity contribution is -0.136. The molecule has 0 saturated carbocycles. The van der Waals surface area contributed by atoms with Crippen molar-refractivity contribution in [3.8, 4) is 0 Å². The highest BCUT2D eigenvalue weighted by atomic mass is 16.4. The van der Waals surface area contributed by atoms with Gasteiger partial charge in [-0.2, -0.15) is 5.10 Å². The Kier molecular flexibility index (Phi) is 5.14. The van der Waals surface area contributed by atoms with Crippen LogP contribution in [-0.2, 0) is 24.2 Å². The number of hydrogen-bond donors (Lipinski definition) is 1. The Balaban J connectivity index is 1.94. The molecule has 0 atom stereocenters. The second-order valence-corrected chi connectivity index (χ2v) is 5.36. The summed E-state index contributed by atoms with van der Waals surface area (Å²) in [6.07, 6.45) is 2.79. The summed E-state index contributed by atoms with van der Waals surface area (Å²) in [7, 11) is 0. The van der Waals surface area contributed by atoms with Crippen molar-refractivity contribution in [2.75, 3.05) is 0 Å². The summed E-state index contributed by atoms with van der Waals surface area (Å²) < 4.78 is 2.01. The van der Waals surface area contributed by atoms with E-state index in [1.165, 1.54) is 5.56 Å². The van der Waals surface area contributed by atoms with Crippen molar-refractivity contribution in [3.63, 3.8) is 0 Å². The maximum Gasteiger partial charge on any atom is 0.303 e. The molecule has 1 aromatic heterocycles. The molecule has 112 valence electrons. The minimum atomic E-state index is -0.759. The Morgan fingerprint density at radius 2 is 1.90 bits per heavy atom. The van der Waals surface area contributed by atoms with E-state index in [1.54, 1.807) is 0 Å². The van der Waals surface area contributed by atoms with Gasteiger partial charge in [-0.3, -0.25) is 9.48 Å². The van der Waals surface area contributed by atoms with Crippen LogP contribution in [0.25, 0.3) is 0 Å². The van der Waals surface area contributed by atoms with Crippen LogP contribution in [0.5, 0.6) is 0 Å². The first-order chi connectivity index (χ1) is 10.1. The van der Waals surface area contributed by atoms with Gasteiger partial charge >= 0.3 is 5.97 Å². The Bertz CT molecular complexity index is 603. The number of carboxylic acid groups (broad SMARTS) is 1. The van der Waals surface area contributed by atoms with Crippen molar-refractivity contribution in [1.82, 2.24) is 9.78 Å². The SMILES string of the molecule is Cc1nn(CCCc2ccccc2)c(C)c1CCC(=O)O.